The Kier molecular flexibility index (Phi) is 11.9. The molecule has 2 saturated carbocycles. The van der Waals surface area contributed by atoms with E-state index >= 15 is 0 Å². The van der Waals surface area contributed by atoms with Crippen molar-refractivity contribution < 1.29 is 55.3 Å². The number of hydrogen-bond acceptors (Lipinski definition) is 10. The van der Waals surface area contributed by atoms with Gasteiger partial charge in [0, 0.05) is 31.8 Å². The molecule has 0 radical (unpaired) electrons. The van der Waals surface area contributed by atoms with E-state index in [0.29, 0.717) is 54.9 Å². The number of anilines is 1. The molecule has 0 unspecified atom stereocenters. The van der Waals surface area contributed by atoms with Gasteiger partial charge in [-0.1, -0.05) is 26.0 Å². The highest BCUT2D eigenvalue weighted by Crippen LogP contribution is 2.46. The van der Waals surface area contributed by atoms with Gasteiger partial charge in [0.25, 0.3) is 5.91 Å². The lowest BCUT2D eigenvalue weighted by Gasteiger charge is -2.40. The van der Waals surface area contributed by atoms with E-state index in [0.717, 1.165) is 4.90 Å². The minimum Gasteiger partial charge on any atom is -0.497 e. The molecular weight excluding hydrogens is 786 g/mol. The molecule has 3 N–H and O–H groups in total. The number of nitrogens with zero attached hydrogens (tertiary/aromatic N) is 4. The van der Waals surface area contributed by atoms with Crippen molar-refractivity contribution in [3.8, 4) is 11.6 Å². The molecule has 1 aromatic carbocycles. The van der Waals surface area contributed by atoms with Crippen LogP contribution in [0.15, 0.2) is 36.4 Å². The number of amides is 4. The molecule has 1 aromatic heterocycles. The minimum atomic E-state index is -5.03. The molecule has 3 heterocycles. The SMILES string of the molecule is COc1ccc2c(O[C@@H]3C[C@H]4C(=O)N[C@]5(C(=O)NS(=O)(=O)C6CC6)C[C@H]5/C=C\CC[C@@H](C)C[C@@H](C)[C@H](N(C(=O)O)[C@H](C)C(F)(F)F)C(=O)N4C3)nc(N(C)C)cc2c1. The van der Waals surface area contributed by atoms with E-state index in [4.69, 9.17) is 9.47 Å². The van der Waals surface area contributed by atoms with Crippen LogP contribution >= 0.6 is 0 Å². The van der Waals surface area contributed by atoms with E-state index in [1.54, 1.807) is 49.3 Å². The van der Waals surface area contributed by atoms with Gasteiger partial charge in [-0.15, -0.1) is 0 Å². The minimum absolute atomic E-state index is 0.0592. The lowest BCUT2D eigenvalue weighted by Crippen LogP contribution is -2.62. The summed E-state index contributed by atoms with van der Waals surface area (Å²) in [6.07, 6.45) is -2.67. The zero-order valence-corrected chi connectivity index (χ0v) is 34.1. The van der Waals surface area contributed by atoms with Crippen molar-refractivity contribution in [2.75, 3.05) is 32.6 Å². The van der Waals surface area contributed by atoms with Crippen LogP contribution in [0.2, 0.25) is 0 Å². The van der Waals surface area contributed by atoms with Gasteiger partial charge in [0.1, 0.15) is 41.3 Å². The Balaban J connectivity index is 1.43. The summed E-state index contributed by atoms with van der Waals surface area (Å²) in [5, 5.41) is 13.6. The number of fused-ring (bicyclic) bond motifs is 3. The highest BCUT2D eigenvalue weighted by molar-refractivity contribution is 7.91. The number of hydrogen-bond donors (Lipinski definition) is 3. The van der Waals surface area contributed by atoms with Gasteiger partial charge >= 0.3 is 12.3 Å². The number of benzene rings is 1. The Morgan fingerprint density at radius 1 is 1.12 bits per heavy atom. The maximum Gasteiger partial charge on any atom is 0.408 e. The molecule has 4 amide bonds. The Labute approximate surface area is 335 Å². The van der Waals surface area contributed by atoms with Gasteiger partial charge < -0.3 is 29.7 Å². The summed E-state index contributed by atoms with van der Waals surface area (Å²) >= 11 is 0. The van der Waals surface area contributed by atoms with Gasteiger partial charge in [-0.3, -0.25) is 24.0 Å². The summed E-state index contributed by atoms with van der Waals surface area (Å²) in [5.74, 6) is -3.36. The van der Waals surface area contributed by atoms with Crippen molar-refractivity contribution >= 4 is 50.4 Å². The Morgan fingerprint density at radius 2 is 1.83 bits per heavy atom. The quantitative estimate of drug-likeness (QED) is 0.303. The number of aromatic nitrogens is 1. The van der Waals surface area contributed by atoms with Crippen LogP contribution in [0.3, 0.4) is 0 Å². The maximum absolute atomic E-state index is 14.9. The topological polar surface area (TPSA) is 188 Å². The summed E-state index contributed by atoms with van der Waals surface area (Å²) in [7, 11) is 1.04. The number of sulfonamides is 1. The third-order valence-corrected chi connectivity index (χ3v) is 13.5. The second-order valence-electron chi connectivity index (χ2n) is 16.4. The number of methoxy groups -OCH3 is 1. The summed E-state index contributed by atoms with van der Waals surface area (Å²) in [4.78, 5) is 63.6. The third kappa shape index (κ3) is 8.78. The molecule has 0 bridgehead atoms. The summed E-state index contributed by atoms with van der Waals surface area (Å²) in [5.41, 5.74) is -1.70. The number of carbonyl (C=O) groups is 4. The number of nitrogens with one attached hydrogen (secondary N) is 2. The summed E-state index contributed by atoms with van der Waals surface area (Å²) in [6, 6.07) is 1.08. The molecule has 2 aromatic rings. The first-order valence-corrected chi connectivity index (χ1v) is 21.0. The van der Waals surface area contributed by atoms with Crippen LogP contribution in [0.5, 0.6) is 11.6 Å². The number of rotatable bonds is 9. The van der Waals surface area contributed by atoms with Gasteiger partial charge in [0.2, 0.25) is 27.7 Å². The smallest absolute Gasteiger partial charge is 0.408 e. The van der Waals surface area contributed by atoms with Crippen molar-refractivity contribution in [2.24, 2.45) is 17.8 Å². The van der Waals surface area contributed by atoms with Gasteiger partial charge in [-0.25, -0.2) is 13.2 Å². The average molecular weight is 837 g/mol. The second-order valence-corrected chi connectivity index (χ2v) is 18.3. The van der Waals surface area contributed by atoms with E-state index in [2.05, 4.69) is 15.0 Å². The number of carboxylic acid groups (broad SMARTS) is 1. The molecule has 19 heteroatoms. The van der Waals surface area contributed by atoms with Crippen molar-refractivity contribution in [1.82, 2.24) is 24.8 Å². The number of carbonyl (C=O) groups excluding carboxylic acids is 3. The first-order chi connectivity index (χ1) is 27.2. The fraction of sp³-hybridized carbons (Fsp3) is 0.615. The van der Waals surface area contributed by atoms with Crippen molar-refractivity contribution in [1.29, 1.82) is 0 Å². The number of alkyl halides is 3. The zero-order chi connectivity index (χ0) is 42.5. The normalized spacial score (nSPS) is 29.2. The lowest BCUT2D eigenvalue weighted by molar-refractivity contribution is -0.184. The zero-order valence-electron chi connectivity index (χ0n) is 33.3. The molecule has 3 fully saturated rings. The van der Waals surface area contributed by atoms with Crippen LogP contribution in [0.1, 0.15) is 65.7 Å². The predicted octanol–water partition coefficient (Wildman–Crippen LogP) is 4.45. The molecule has 318 valence electrons. The molecule has 1 saturated heterocycles. The monoisotopic (exact) mass is 836 g/mol. The van der Waals surface area contributed by atoms with Gasteiger partial charge in [-0.2, -0.15) is 18.2 Å². The third-order valence-electron chi connectivity index (χ3n) is 11.7. The van der Waals surface area contributed by atoms with Gasteiger partial charge in [0.05, 0.1) is 18.9 Å². The Hall–Kier alpha value is -4.81. The standard InChI is InChI=1S/C39H51F3N6O9S/c1-21-9-7-8-10-25-19-38(25,36(51)45-58(54,55)28-12-13-28)44-33(49)30-18-27(57-34-29-14-11-26(56-6)16-24(29)17-31(43-34)46(4)5)20-47(30)35(50)32(22(2)15-21)48(37(52)53)23(3)39(40,41)42/h8,10-11,14,16-17,21-23,25,27-28,30,32H,7,9,12-13,15,18-20H2,1-6H3,(H,44,49)(H,45,51)(H,52,53)/b10-8-/t21-,22-,23-,25-,27-,30+,32+,38-/m1/s1. The fourth-order valence-corrected chi connectivity index (χ4v) is 9.51. The van der Waals surface area contributed by atoms with Crippen molar-refractivity contribution in [3.63, 3.8) is 0 Å². The fourth-order valence-electron chi connectivity index (χ4n) is 8.15. The van der Waals surface area contributed by atoms with E-state index in [1.807, 2.05) is 13.0 Å². The maximum atomic E-state index is 14.9. The van der Waals surface area contributed by atoms with E-state index in [9.17, 15) is 45.9 Å². The van der Waals surface area contributed by atoms with Crippen LogP contribution in [0.25, 0.3) is 10.8 Å². The Bertz CT molecular complexity index is 2080. The number of pyridine rings is 1. The van der Waals surface area contributed by atoms with Gasteiger partial charge in [-0.05, 0) is 86.9 Å². The molecule has 8 atom stereocenters. The second kappa shape index (κ2) is 16.1. The largest absolute Gasteiger partial charge is 0.497 e. The number of halogens is 3. The van der Waals surface area contributed by atoms with E-state index in [1.165, 1.54) is 14.0 Å². The van der Waals surface area contributed by atoms with Crippen LogP contribution in [0.4, 0.5) is 23.8 Å². The van der Waals surface area contributed by atoms with Crippen molar-refractivity contribution in [2.45, 2.75) is 107 Å². The van der Waals surface area contributed by atoms with Crippen LogP contribution in [0, 0.1) is 17.8 Å². The van der Waals surface area contributed by atoms with Crippen LogP contribution < -0.4 is 24.4 Å². The molecule has 15 nitrogen and oxygen atoms in total. The predicted molar refractivity (Wildman–Crippen MR) is 207 cm³/mol. The Morgan fingerprint density at radius 3 is 2.45 bits per heavy atom. The van der Waals surface area contributed by atoms with Crippen LogP contribution in [-0.2, 0) is 24.4 Å². The molecular formula is C39H51F3N6O9S. The van der Waals surface area contributed by atoms with Gasteiger partial charge in [0.15, 0.2) is 0 Å². The highest BCUT2D eigenvalue weighted by Gasteiger charge is 2.62. The van der Waals surface area contributed by atoms with E-state index in [-0.39, 0.29) is 42.5 Å². The van der Waals surface area contributed by atoms with Crippen molar-refractivity contribution in [3.05, 3.63) is 36.4 Å². The average Bonchev–Trinajstić information content (AvgIpc) is 4.07. The summed E-state index contributed by atoms with van der Waals surface area (Å²) < 4.78 is 82.8. The lowest BCUT2D eigenvalue weighted by atomic mass is 9.86. The first kappa shape index (κ1) is 42.8. The molecule has 6 rings (SSSR count). The first-order valence-electron chi connectivity index (χ1n) is 19.4. The molecule has 0 spiro atoms. The molecule has 58 heavy (non-hydrogen) atoms. The van der Waals surface area contributed by atoms with E-state index < -0.39 is 86.9 Å². The van der Waals surface area contributed by atoms with Crippen LogP contribution in [-0.4, -0.2) is 121 Å². The number of ether oxygens (including phenoxy) is 2. The molecule has 2 aliphatic carbocycles. The number of allylic oxidation sites excluding steroid dienone is 1. The summed E-state index contributed by atoms with van der Waals surface area (Å²) in [6.45, 7) is 3.69. The molecule has 2 aliphatic heterocycles. The highest BCUT2D eigenvalue weighted by atomic mass is 32.2. The molecule has 4 aliphatic rings.